The fraction of sp³-hybridized carbons (Fsp3) is 0.273. The topological polar surface area (TPSA) is 0 Å². The van der Waals surface area contributed by atoms with Gasteiger partial charge in [0.2, 0.25) is 0 Å². The van der Waals surface area contributed by atoms with Gasteiger partial charge < -0.3 is 0 Å². The third kappa shape index (κ3) is 3.75. The molecule has 0 saturated carbocycles. The van der Waals surface area contributed by atoms with E-state index in [2.05, 4.69) is 61.7 Å². The molecule has 0 radical (unpaired) electrons. The summed E-state index contributed by atoms with van der Waals surface area (Å²) < 4.78 is 0. The van der Waals surface area contributed by atoms with Gasteiger partial charge in [0.25, 0.3) is 0 Å². The molecule has 0 nitrogen and oxygen atoms in total. The van der Waals surface area contributed by atoms with Gasteiger partial charge in [-0.05, 0) is 24.0 Å². The molecule has 0 unspecified atom stereocenters. The van der Waals surface area contributed by atoms with Crippen LogP contribution in [-0.2, 0) is 25.0 Å². The molecule has 74 valence electrons. The van der Waals surface area contributed by atoms with E-state index in [-0.39, 0.29) is 18.5 Å². The number of rotatable bonds is 1. The number of halogens is 2. The second-order valence-electron chi connectivity index (χ2n) is 3.10. The molecule has 0 N–H and O–H groups in total. The Bertz CT molecular complexity index is 321. The summed E-state index contributed by atoms with van der Waals surface area (Å²) in [5, 5.41) is 0. The van der Waals surface area contributed by atoms with Gasteiger partial charge in [-0.25, -0.2) is 0 Å². The van der Waals surface area contributed by atoms with Gasteiger partial charge in [-0.3, -0.25) is 0 Å². The predicted octanol–water partition coefficient (Wildman–Crippen LogP) is 4.72. The van der Waals surface area contributed by atoms with Crippen molar-refractivity contribution in [3.63, 3.8) is 0 Å². The quantitative estimate of drug-likeness (QED) is 0.646. The molecule has 0 aliphatic heterocycles. The van der Waals surface area contributed by atoms with Crippen molar-refractivity contribution in [1.29, 1.82) is 0 Å². The number of hydrogen-bond donors (Lipinski definition) is 0. The predicted molar refractivity (Wildman–Crippen MR) is 66.3 cm³/mol. The first-order valence-electron chi connectivity index (χ1n) is 4.55. The number of fused-ring (bicyclic) bond motifs is 1. The summed E-state index contributed by atoms with van der Waals surface area (Å²) in [5.41, 5.74) is 4.47. The molecule has 0 bridgehead atoms. The first-order chi connectivity index (χ1) is 6.81. The van der Waals surface area contributed by atoms with Crippen LogP contribution in [0.3, 0.4) is 0 Å². The van der Waals surface area contributed by atoms with Crippen LogP contribution in [0, 0.1) is 0 Å². The molecule has 1 aliphatic rings. The minimum atomic E-state index is -0.145. The Morgan fingerprint density at radius 1 is 1.29 bits per heavy atom. The number of benzene rings is 1. The molecule has 0 saturated heterocycles. The Morgan fingerprint density at radius 2 is 1.93 bits per heavy atom. The number of hydrogen-bond acceptors (Lipinski definition) is 0. The Hall–Kier alpha value is 0.803. The summed E-state index contributed by atoms with van der Waals surface area (Å²) in [6.07, 6.45) is 4.68. The second-order valence-corrected chi connectivity index (χ2v) is 14.4. The van der Waals surface area contributed by atoms with E-state index >= 15 is 0 Å². The van der Waals surface area contributed by atoms with Gasteiger partial charge in [-0.15, -0.1) is 0 Å². The monoisotopic (exact) mass is 392 g/mol. The van der Waals surface area contributed by atoms with Crippen LogP contribution in [-0.4, -0.2) is 0 Å². The normalized spacial score (nSPS) is 12.4. The molecule has 1 aliphatic carbocycles. The zero-order chi connectivity index (χ0) is 10.4. The summed E-state index contributed by atoms with van der Waals surface area (Å²) in [4.78, 5) is 0. The van der Waals surface area contributed by atoms with Crippen LogP contribution in [0.5, 0.6) is 0 Å². The van der Waals surface area contributed by atoms with Gasteiger partial charge in [-0.2, -0.15) is 0 Å². The van der Waals surface area contributed by atoms with E-state index in [1.165, 1.54) is 24.0 Å². The van der Waals surface area contributed by atoms with Gasteiger partial charge in [0.05, 0.1) is 0 Å². The van der Waals surface area contributed by atoms with Crippen LogP contribution in [0.25, 0.3) is 6.08 Å². The SMILES string of the molecule is CCC1=Cc2ccccc2C1.[Br][Zr][Br]. The van der Waals surface area contributed by atoms with Crippen molar-refractivity contribution >= 4 is 30.5 Å². The van der Waals surface area contributed by atoms with Crippen LogP contribution in [0.15, 0.2) is 29.8 Å². The van der Waals surface area contributed by atoms with Crippen molar-refractivity contribution in [2.24, 2.45) is 0 Å². The molecule has 14 heavy (non-hydrogen) atoms. The van der Waals surface area contributed by atoms with Crippen LogP contribution < -0.4 is 0 Å². The maximum absolute atomic E-state index is 3.23. The average Bonchev–Trinajstić information content (AvgIpc) is 2.61. The Kier molecular flexibility index (Phi) is 6.56. The van der Waals surface area contributed by atoms with Crippen LogP contribution in [0.2, 0.25) is 0 Å². The zero-order valence-corrected chi connectivity index (χ0v) is 13.7. The standard InChI is InChI=1S/C11H12.2BrH.Zr/c1-2-9-7-10-5-3-4-6-11(10)8-9;;;/h3-7H,2,8H2,1H3;2*1H;/q;;;+2/p-2. The summed E-state index contributed by atoms with van der Waals surface area (Å²) in [5.74, 6) is 0. The molecular formula is C11H12Br2Zr. The van der Waals surface area contributed by atoms with Crippen molar-refractivity contribution in [3.05, 3.63) is 41.0 Å². The van der Waals surface area contributed by atoms with Gasteiger partial charge in [0.1, 0.15) is 0 Å². The Labute approximate surface area is 109 Å². The van der Waals surface area contributed by atoms with Crippen molar-refractivity contribution in [2.45, 2.75) is 19.8 Å². The summed E-state index contributed by atoms with van der Waals surface area (Å²) in [6, 6.07) is 8.63. The van der Waals surface area contributed by atoms with Gasteiger partial charge >= 0.3 is 43.0 Å². The van der Waals surface area contributed by atoms with E-state index in [9.17, 15) is 0 Å². The van der Waals surface area contributed by atoms with E-state index in [1.54, 1.807) is 5.57 Å². The molecule has 0 aromatic heterocycles. The molecule has 1 aromatic rings. The molecule has 0 amide bonds. The third-order valence-electron chi connectivity index (χ3n) is 2.29. The van der Waals surface area contributed by atoms with Crippen molar-refractivity contribution in [1.82, 2.24) is 0 Å². The van der Waals surface area contributed by atoms with E-state index in [4.69, 9.17) is 0 Å². The van der Waals surface area contributed by atoms with E-state index in [1.807, 2.05) is 0 Å². The molecule has 0 fully saturated rings. The maximum atomic E-state index is 3.23. The van der Waals surface area contributed by atoms with Crippen LogP contribution >= 0.6 is 24.4 Å². The summed E-state index contributed by atoms with van der Waals surface area (Å²) in [6.45, 7) is 2.22. The first kappa shape index (κ1) is 12.9. The molecule has 3 heteroatoms. The molecule has 0 spiro atoms. The summed E-state index contributed by atoms with van der Waals surface area (Å²) in [7, 11) is 0. The fourth-order valence-corrected chi connectivity index (χ4v) is 1.58. The molecule has 1 aromatic carbocycles. The molecule has 0 atom stereocenters. The van der Waals surface area contributed by atoms with Crippen molar-refractivity contribution < 1.29 is 18.5 Å². The van der Waals surface area contributed by atoms with Gasteiger partial charge in [0.15, 0.2) is 0 Å². The van der Waals surface area contributed by atoms with Crippen LogP contribution in [0.4, 0.5) is 0 Å². The zero-order valence-electron chi connectivity index (χ0n) is 8.06. The third-order valence-corrected chi connectivity index (χ3v) is 2.29. The van der Waals surface area contributed by atoms with E-state index in [0.29, 0.717) is 0 Å². The Balaban J connectivity index is 0.000000293. The molecular weight excluding hydrogens is 383 g/mol. The van der Waals surface area contributed by atoms with Crippen molar-refractivity contribution in [2.75, 3.05) is 0 Å². The molecule has 2 rings (SSSR count). The Morgan fingerprint density at radius 3 is 2.50 bits per heavy atom. The van der Waals surface area contributed by atoms with Gasteiger partial charge in [0, 0.05) is 0 Å². The average molecular weight is 395 g/mol. The van der Waals surface area contributed by atoms with E-state index < -0.39 is 0 Å². The minimum absolute atomic E-state index is 0.145. The summed E-state index contributed by atoms with van der Waals surface area (Å²) >= 11 is 6.32. The van der Waals surface area contributed by atoms with E-state index in [0.717, 1.165) is 0 Å². The second kappa shape index (κ2) is 7.14. The number of allylic oxidation sites excluding steroid dienone is 1. The van der Waals surface area contributed by atoms with Crippen molar-refractivity contribution in [3.8, 4) is 0 Å². The first-order valence-corrected chi connectivity index (χ1v) is 15.8. The fourth-order valence-electron chi connectivity index (χ4n) is 1.58. The van der Waals surface area contributed by atoms with Gasteiger partial charge in [-0.1, -0.05) is 42.8 Å². The molecule has 0 heterocycles. The van der Waals surface area contributed by atoms with Crippen LogP contribution in [0.1, 0.15) is 24.5 Å².